The first kappa shape index (κ1) is 10.9. The highest BCUT2D eigenvalue weighted by molar-refractivity contribution is 5.50. The maximum atomic E-state index is 10.7. The van der Waals surface area contributed by atoms with E-state index in [2.05, 4.69) is 0 Å². The number of nitro groups is 1. The number of aliphatic hydroxyl groups is 1. The zero-order valence-electron chi connectivity index (χ0n) is 8.97. The third-order valence-corrected chi connectivity index (χ3v) is 3.12. The number of nitro benzene ring substituents is 1. The monoisotopic (exact) mass is 223 g/mol. The predicted octanol–water partition coefficient (Wildman–Crippen LogP) is 1.63. The molecular formula is C11H13NO4. The summed E-state index contributed by atoms with van der Waals surface area (Å²) in [5, 5.41) is 20.0. The molecule has 0 bridgehead atoms. The molecule has 1 aliphatic carbocycles. The van der Waals surface area contributed by atoms with Gasteiger partial charge in [-0.15, -0.1) is 0 Å². The average Bonchev–Trinajstić information content (AvgIpc) is 3.09. The number of hydrogen-bond acceptors (Lipinski definition) is 4. The summed E-state index contributed by atoms with van der Waals surface area (Å²) < 4.78 is 5.17. The van der Waals surface area contributed by atoms with Crippen molar-refractivity contribution in [2.45, 2.75) is 18.3 Å². The molecule has 0 heterocycles. The minimum absolute atomic E-state index is 0.00449. The number of nitrogens with zero attached hydrogens (tertiary/aromatic N) is 1. The second-order valence-corrected chi connectivity index (χ2v) is 4.08. The Kier molecular flexibility index (Phi) is 2.55. The van der Waals surface area contributed by atoms with Crippen LogP contribution in [0.15, 0.2) is 18.2 Å². The quantitative estimate of drug-likeness (QED) is 0.622. The lowest BCUT2D eigenvalue weighted by molar-refractivity contribution is -0.385. The minimum Gasteiger partial charge on any atom is -0.496 e. The molecule has 1 fully saturated rings. The van der Waals surface area contributed by atoms with Crippen molar-refractivity contribution in [1.82, 2.24) is 0 Å². The lowest BCUT2D eigenvalue weighted by Crippen LogP contribution is -2.13. The number of methoxy groups -OCH3 is 1. The molecule has 1 aromatic carbocycles. The first-order valence-electron chi connectivity index (χ1n) is 5.07. The topological polar surface area (TPSA) is 72.6 Å². The molecule has 0 atom stereocenters. The van der Waals surface area contributed by atoms with Gasteiger partial charge in [0, 0.05) is 23.1 Å². The molecular weight excluding hydrogens is 210 g/mol. The van der Waals surface area contributed by atoms with Crippen molar-refractivity contribution in [3.05, 3.63) is 33.9 Å². The van der Waals surface area contributed by atoms with Crippen LogP contribution in [0.3, 0.4) is 0 Å². The lowest BCUT2D eigenvalue weighted by atomic mass is 9.95. The number of non-ortho nitro benzene ring substituents is 1. The van der Waals surface area contributed by atoms with E-state index in [1.54, 1.807) is 6.07 Å². The molecule has 0 radical (unpaired) electrons. The van der Waals surface area contributed by atoms with E-state index >= 15 is 0 Å². The fourth-order valence-corrected chi connectivity index (χ4v) is 1.89. The molecule has 2 rings (SSSR count). The van der Waals surface area contributed by atoms with Crippen molar-refractivity contribution in [1.29, 1.82) is 0 Å². The standard InChI is InChI=1S/C11H13NO4/c1-16-10-3-2-8(12(14)15)6-9(10)11(7-13)4-5-11/h2-3,6,13H,4-5,7H2,1H3. The van der Waals surface area contributed by atoms with Crippen molar-refractivity contribution in [3.63, 3.8) is 0 Å². The normalized spacial score (nSPS) is 16.9. The van der Waals surface area contributed by atoms with Gasteiger partial charge in [-0.05, 0) is 18.9 Å². The van der Waals surface area contributed by atoms with Gasteiger partial charge in [-0.25, -0.2) is 0 Å². The molecule has 1 aliphatic rings. The molecule has 1 N–H and O–H groups in total. The summed E-state index contributed by atoms with van der Waals surface area (Å²) in [6, 6.07) is 4.50. The highest BCUT2D eigenvalue weighted by atomic mass is 16.6. The van der Waals surface area contributed by atoms with Crippen molar-refractivity contribution < 1.29 is 14.8 Å². The molecule has 0 unspecified atom stereocenters. The maximum Gasteiger partial charge on any atom is 0.269 e. The molecule has 1 saturated carbocycles. The summed E-state index contributed by atoms with van der Waals surface area (Å²) in [6.45, 7) is 0.00449. The summed E-state index contributed by atoms with van der Waals surface area (Å²) in [7, 11) is 1.53. The molecule has 16 heavy (non-hydrogen) atoms. The Morgan fingerprint density at radius 2 is 2.25 bits per heavy atom. The van der Waals surface area contributed by atoms with Gasteiger partial charge in [-0.3, -0.25) is 10.1 Å². The van der Waals surface area contributed by atoms with Crippen LogP contribution >= 0.6 is 0 Å². The van der Waals surface area contributed by atoms with Crippen molar-refractivity contribution in [3.8, 4) is 5.75 Å². The lowest BCUT2D eigenvalue weighted by Gasteiger charge is -2.15. The van der Waals surface area contributed by atoms with Gasteiger partial charge in [-0.1, -0.05) is 0 Å². The molecule has 5 nitrogen and oxygen atoms in total. The number of benzene rings is 1. The fourth-order valence-electron chi connectivity index (χ4n) is 1.89. The fraction of sp³-hybridized carbons (Fsp3) is 0.455. The van der Waals surface area contributed by atoms with E-state index < -0.39 is 4.92 Å². The van der Waals surface area contributed by atoms with E-state index in [0.717, 1.165) is 18.4 Å². The highest BCUT2D eigenvalue weighted by Crippen LogP contribution is 2.51. The predicted molar refractivity (Wildman–Crippen MR) is 57.6 cm³/mol. The zero-order chi connectivity index (χ0) is 11.8. The number of hydrogen-bond donors (Lipinski definition) is 1. The Morgan fingerprint density at radius 1 is 1.56 bits per heavy atom. The van der Waals surface area contributed by atoms with Crippen LogP contribution in [0.5, 0.6) is 5.75 Å². The van der Waals surface area contributed by atoms with Crippen molar-refractivity contribution in [2.75, 3.05) is 13.7 Å². The van der Waals surface area contributed by atoms with Crippen molar-refractivity contribution >= 4 is 5.69 Å². The van der Waals surface area contributed by atoms with Gasteiger partial charge >= 0.3 is 0 Å². The number of ether oxygens (including phenoxy) is 1. The minimum atomic E-state index is -0.434. The van der Waals surface area contributed by atoms with Crippen LogP contribution in [-0.2, 0) is 5.41 Å². The second kappa shape index (κ2) is 3.75. The van der Waals surface area contributed by atoms with E-state index in [9.17, 15) is 15.2 Å². The Bertz CT molecular complexity index is 426. The third-order valence-electron chi connectivity index (χ3n) is 3.12. The van der Waals surface area contributed by atoms with Gasteiger partial charge < -0.3 is 9.84 Å². The van der Waals surface area contributed by atoms with E-state index in [0.29, 0.717) is 5.75 Å². The SMILES string of the molecule is COc1ccc([N+](=O)[O-])cc1C1(CO)CC1. The maximum absolute atomic E-state index is 10.7. The molecule has 0 aliphatic heterocycles. The Balaban J connectivity index is 2.48. The first-order chi connectivity index (χ1) is 7.63. The van der Waals surface area contributed by atoms with Crippen LogP contribution in [0.1, 0.15) is 18.4 Å². The van der Waals surface area contributed by atoms with Crippen molar-refractivity contribution in [2.24, 2.45) is 0 Å². The van der Waals surface area contributed by atoms with Crippen LogP contribution in [0.4, 0.5) is 5.69 Å². The molecule has 0 spiro atoms. The number of aliphatic hydroxyl groups excluding tert-OH is 1. The van der Waals surface area contributed by atoms with Gasteiger partial charge in [-0.2, -0.15) is 0 Å². The molecule has 0 saturated heterocycles. The van der Waals surface area contributed by atoms with Crippen LogP contribution in [0, 0.1) is 10.1 Å². The zero-order valence-corrected chi connectivity index (χ0v) is 8.97. The molecule has 0 amide bonds. The highest BCUT2D eigenvalue weighted by Gasteiger charge is 2.46. The van der Waals surface area contributed by atoms with E-state index in [-0.39, 0.29) is 17.7 Å². The van der Waals surface area contributed by atoms with Crippen LogP contribution in [0.25, 0.3) is 0 Å². The molecule has 1 aromatic rings. The van der Waals surface area contributed by atoms with E-state index in [4.69, 9.17) is 4.74 Å². The summed E-state index contributed by atoms with van der Waals surface area (Å²) in [5.74, 6) is 0.608. The van der Waals surface area contributed by atoms with Gasteiger partial charge in [0.05, 0.1) is 18.6 Å². The van der Waals surface area contributed by atoms with Crippen LogP contribution < -0.4 is 4.74 Å². The van der Waals surface area contributed by atoms with Crippen LogP contribution in [-0.4, -0.2) is 23.7 Å². The summed E-state index contributed by atoms with van der Waals surface area (Å²) in [6.07, 6.45) is 1.70. The Labute approximate surface area is 92.8 Å². The third kappa shape index (κ3) is 1.63. The summed E-state index contributed by atoms with van der Waals surface area (Å²) in [5.41, 5.74) is 0.458. The van der Waals surface area contributed by atoms with Gasteiger partial charge in [0.25, 0.3) is 5.69 Å². The van der Waals surface area contributed by atoms with Gasteiger partial charge in [0.15, 0.2) is 0 Å². The summed E-state index contributed by atoms with van der Waals surface area (Å²) >= 11 is 0. The summed E-state index contributed by atoms with van der Waals surface area (Å²) in [4.78, 5) is 10.3. The smallest absolute Gasteiger partial charge is 0.269 e. The van der Waals surface area contributed by atoms with E-state index in [1.807, 2.05) is 0 Å². The molecule has 5 heteroatoms. The molecule has 86 valence electrons. The van der Waals surface area contributed by atoms with E-state index in [1.165, 1.54) is 19.2 Å². The Hall–Kier alpha value is -1.62. The number of rotatable bonds is 4. The Morgan fingerprint density at radius 3 is 2.69 bits per heavy atom. The second-order valence-electron chi connectivity index (χ2n) is 4.08. The largest absolute Gasteiger partial charge is 0.496 e. The first-order valence-corrected chi connectivity index (χ1v) is 5.07. The van der Waals surface area contributed by atoms with Crippen LogP contribution in [0.2, 0.25) is 0 Å². The van der Waals surface area contributed by atoms with Gasteiger partial charge in [0.1, 0.15) is 5.75 Å². The average molecular weight is 223 g/mol. The van der Waals surface area contributed by atoms with Gasteiger partial charge in [0.2, 0.25) is 0 Å². The molecule has 0 aromatic heterocycles.